The van der Waals surface area contributed by atoms with Crippen LogP contribution in [0.1, 0.15) is 43.6 Å². The molecule has 2 amide bonds. The molecule has 1 saturated carbocycles. The summed E-state index contributed by atoms with van der Waals surface area (Å²) in [6.45, 7) is 5.05. The molecule has 1 saturated heterocycles. The summed E-state index contributed by atoms with van der Waals surface area (Å²) in [6.07, 6.45) is 4.17. The molecule has 0 bridgehead atoms. The number of hydrogen-bond donors (Lipinski definition) is 1. The first kappa shape index (κ1) is 20.7. The van der Waals surface area contributed by atoms with E-state index in [4.69, 9.17) is 16.3 Å². The summed E-state index contributed by atoms with van der Waals surface area (Å²) in [7, 11) is 0. The van der Waals surface area contributed by atoms with Crippen LogP contribution in [0.15, 0.2) is 30.5 Å². The molecule has 1 aromatic heterocycles. The van der Waals surface area contributed by atoms with Gasteiger partial charge in [-0.3, -0.25) is 14.3 Å². The highest BCUT2D eigenvalue weighted by atomic mass is 35.5. The molecule has 3 atom stereocenters. The molecule has 2 aliphatic rings. The van der Waals surface area contributed by atoms with E-state index in [0.29, 0.717) is 35.3 Å². The smallest absolute Gasteiger partial charge is 0.273 e. The van der Waals surface area contributed by atoms with Crippen LogP contribution in [0.2, 0.25) is 5.02 Å². The molecule has 8 nitrogen and oxygen atoms in total. The van der Waals surface area contributed by atoms with E-state index in [1.165, 1.54) is 12.8 Å². The second kappa shape index (κ2) is 8.63. The molecular formula is C21H26ClN5O3. The summed E-state index contributed by atoms with van der Waals surface area (Å²) in [5, 5.41) is 11.6. The van der Waals surface area contributed by atoms with E-state index in [9.17, 15) is 9.59 Å². The van der Waals surface area contributed by atoms with Crippen LogP contribution in [-0.4, -0.2) is 56.4 Å². The Hall–Kier alpha value is -2.61. The molecule has 4 rings (SSSR count). The van der Waals surface area contributed by atoms with Gasteiger partial charge in [0.1, 0.15) is 5.75 Å². The van der Waals surface area contributed by atoms with Gasteiger partial charge in [-0.2, -0.15) is 0 Å². The highest BCUT2D eigenvalue weighted by molar-refractivity contribution is 6.30. The molecule has 0 unspecified atom stereocenters. The molecule has 2 heterocycles. The maximum Gasteiger partial charge on any atom is 0.273 e. The molecule has 2 aromatic rings. The van der Waals surface area contributed by atoms with Crippen LogP contribution >= 0.6 is 11.6 Å². The van der Waals surface area contributed by atoms with Crippen molar-refractivity contribution < 1.29 is 14.3 Å². The quantitative estimate of drug-likeness (QED) is 0.727. The first-order valence-electron chi connectivity index (χ1n) is 10.3. The highest BCUT2D eigenvalue weighted by Gasteiger charge is 2.37. The van der Waals surface area contributed by atoms with Gasteiger partial charge in [0.2, 0.25) is 0 Å². The number of likely N-dealkylation sites (tertiary alicyclic amines) is 1. The predicted molar refractivity (Wildman–Crippen MR) is 111 cm³/mol. The number of halogens is 1. The fourth-order valence-electron chi connectivity index (χ4n) is 3.74. The first-order chi connectivity index (χ1) is 14.4. The standard InChI is InChI=1S/C21H26ClN5O3/c1-13-18(23-20(28)19-12-26(25-24-19)11-15-3-4-15)9-10-27(13)21(29)14(2)30-17-7-5-16(22)6-8-17/h5-8,12-15,18H,3-4,9-11H2,1-2H3,(H,23,28)/t13-,14+,18-/m1/s1. The van der Waals surface area contributed by atoms with E-state index >= 15 is 0 Å². The van der Waals surface area contributed by atoms with Gasteiger partial charge in [0, 0.05) is 24.2 Å². The third-order valence-corrected chi connectivity index (χ3v) is 5.99. The largest absolute Gasteiger partial charge is 0.481 e. The van der Waals surface area contributed by atoms with Crippen molar-refractivity contribution >= 4 is 23.4 Å². The lowest BCUT2D eigenvalue weighted by atomic mass is 10.1. The average Bonchev–Trinajstić information content (AvgIpc) is 3.29. The lowest BCUT2D eigenvalue weighted by molar-refractivity contribution is -0.138. The Morgan fingerprint density at radius 3 is 2.70 bits per heavy atom. The maximum absolute atomic E-state index is 12.9. The summed E-state index contributed by atoms with van der Waals surface area (Å²) in [5.41, 5.74) is 0.312. The number of ether oxygens (including phenoxy) is 1. The monoisotopic (exact) mass is 431 g/mol. The third-order valence-electron chi connectivity index (χ3n) is 5.74. The fourth-order valence-corrected chi connectivity index (χ4v) is 3.87. The van der Waals surface area contributed by atoms with Crippen molar-refractivity contribution in [3.8, 4) is 5.75 Å². The van der Waals surface area contributed by atoms with Gasteiger partial charge in [0.25, 0.3) is 11.8 Å². The van der Waals surface area contributed by atoms with Crippen LogP contribution in [0, 0.1) is 5.92 Å². The Labute approximate surface area is 180 Å². The highest BCUT2D eigenvalue weighted by Crippen LogP contribution is 2.30. The Kier molecular flexibility index (Phi) is 5.94. The summed E-state index contributed by atoms with van der Waals surface area (Å²) >= 11 is 5.89. The number of amides is 2. The van der Waals surface area contributed by atoms with Crippen molar-refractivity contribution in [2.45, 2.75) is 57.8 Å². The Morgan fingerprint density at radius 2 is 2.00 bits per heavy atom. The van der Waals surface area contributed by atoms with Crippen LogP contribution in [0.25, 0.3) is 0 Å². The van der Waals surface area contributed by atoms with Gasteiger partial charge in [0.15, 0.2) is 11.8 Å². The minimum absolute atomic E-state index is 0.107. The van der Waals surface area contributed by atoms with Gasteiger partial charge in [0.05, 0.1) is 12.2 Å². The number of nitrogens with zero attached hydrogens (tertiary/aromatic N) is 4. The number of benzene rings is 1. The number of carbonyl (C=O) groups is 2. The third kappa shape index (κ3) is 4.75. The van der Waals surface area contributed by atoms with E-state index in [0.717, 1.165) is 6.54 Å². The SMILES string of the molecule is C[C@H](Oc1ccc(Cl)cc1)C(=O)N1CC[C@@H](NC(=O)c2cn(CC3CC3)nn2)[C@H]1C. The minimum atomic E-state index is -0.634. The first-order valence-corrected chi connectivity index (χ1v) is 10.7. The zero-order chi connectivity index (χ0) is 21.3. The van der Waals surface area contributed by atoms with E-state index in [1.807, 2.05) is 6.92 Å². The number of nitrogens with one attached hydrogen (secondary N) is 1. The molecule has 0 spiro atoms. The van der Waals surface area contributed by atoms with Crippen molar-refractivity contribution in [1.29, 1.82) is 0 Å². The van der Waals surface area contributed by atoms with Crippen molar-refractivity contribution in [3.63, 3.8) is 0 Å². The van der Waals surface area contributed by atoms with Gasteiger partial charge in [-0.1, -0.05) is 16.8 Å². The molecule has 0 radical (unpaired) electrons. The van der Waals surface area contributed by atoms with E-state index in [1.54, 1.807) is 47.0 Å². The van der Waals surface area contributed by atoms with Crippen molar-refractivity contribution in [2.24, 2.45) is 5.92 Å². The van der Waals surface area contributed by atoms with Gasteiger partial charge >= 0.3 is 0 Å². The van der Waals surface area contributed by atoms with E-state index in [2.05, 4.69) is 15.6 Å². The lowest BCUT2D eigenvalue weighted by Crippen LogP contribution is -2.48. The van der Waals surface area contributed by atoms with Crippen LogP contribution in [0.3, 0.4) is 0 Å². The van der Waals surface area contributed by atoms with E-state index < -0.39 is 6.10 Å². The van der Waals surface area contributed by atoms with Crippen LogP contribution in [0.5, 0.6) is 5.75 Å². The second-order valence-corrected chi connectivity index (χ2v) is 8.56. The fraction of sp³-hybridized carbons (Fsp3) is 0.524. The number of hydrogen-bond acceptors (Lipinski definition) is 5. The zero-order valence-corrected chi connectivity index (χ0v) is 17.9. The summed E-state index contributed by atoms with van der Waals surface area (Å²) in [4.78, 5) is 27.2. The maximum atomic E-state index is 12.9. The number of rotatable bonds is 7. The van der Waals surface area contributed by atoms with E-state index in [-0.39, 0.29) is 23.9 Å². The number of carbonyl (C=O) groups excluding carboxylic acids is 2. The number of aromatic nitrogens is 3. The topological polar surface area (TPSA) is 89.4 Å². The normalized spacial score (nSPS) is 22.0. The van der Waals surface area contributed by atoms with Gasteiger partial charge in [-0.25, -0.2) is 0 Å². The predicted octanol–water partition coefficient (Wildman–Crippen LogP) is 2.53. The van der Waals surface area contributed by atoms with Gasteiger partial charge in [-0.05, 0) is 63.3 Å². The van der Waals surface area contributed by atoms with Gasteiger partial charge < -0.3 is 15.0 Å². The van der Waals surface area contributed by atoms with Crippen molar-refractivity contribution in [1.82, 2.24) is 25.2 Å². The van der Waals surface area contributed by atoms with Crippen molar-refractivity contribution in [2.75, 3.05) is 6.54 Å². The average molecular weight is 432 g/mol. The zero-order valence-electron chi connectivity index (χ0n) is 17.1. The molecule has 1 aromatic carbocycles. The molecule has 2 fully saturated rings. The molecule has 160 valence electrons. The molecular weight excluding hydrogens is 406 g/mol. The Balaban J connectivity index is 1.31. The molecule has 30 heavy (non-hydrogen) atoms. The molecule has 1 aliphatic heterocycles. The Bertz CT molecular complexity index is 912. The summed E-state index contributed by atoms with van der Waals surface area (Å²) in [5.74, 6) is 0.888. The minimum Gasteiger partial charge on any atom is -0.481 e. The van der Waals surface area contributed by atoms with Crippen LogP contribution < -0.4 is 10.1 Å². The molecule has 1 N–H and O–H groups in total. The summed E-state index contributed by atoms with van der Waals surface area (Å²) in [6, 6.07) is 6.63. The Morgan fingerprint density at radius 1 is 1.27 bits per heavy atom. The van der Waals surface area contributed by atoms with Crippen LogP contribution in [-0.2, 0) is 11.3 Å². The van der Waals surface area contributed by atoms with Crippen LogP contribution in [0.4, 0.5) is 0 Å². The summed E-state index contributed by atoms with van der Waals surface area (Å²) < 4.78 is 7.49. The molecule has 9 heteroatoms. The second-order valence-electron chi connectivity index (χ2n) is 8.12. The van der Waals surface area contributed by atoms with Crippen molar-refractivity contribution in [3.05, 3.63) is 41.2 Å². The lowest BCUT2D eigenvalue weighted by Gasteiger charge is -2.27. The van der Waals surface area contributed by atoms with Gasteiger partial charge in [-0.15, -0.1) is 5.10 Å². The molecule has 1 aliphatic carbocycles.